The Morgan fingerprint density at radius 1 is 1.06 bits per heavy atom. The van der Waals surface area contributed by atoms with Crippen LogP contribution in [0.1, 0.15) is 20.3 Å². The molecule has 104 valence electrons. The first-order valence-corrected chi connectivity index (χ1v) is 6.40. The number of rotatable bonds is 11. The highest BCUT2D eigenvalue weighted by molar-refractivity contribution is 4.75. The Bertz CT molecular complexity index is 175. The Labute approximate surface area is 107 Å². The minimum atomic E-state index is 0.287. The molecule has 0 aromatic heterocycles. The summed E-state index contributed by atoms with van der Waals surface area (Å²) >= 11 is 0. The lowest BCUT2D eigenvalue weighted by molar-refractivity contribution is 0.106. The summed E-state index contributed by atoms with van der Waals surface area (Å²) in [6.07, 6.45) is 1.08. The molecule has 0 aliphatic rings. The van der Waals surface area contributed by atoms with E-state index in [1.807, 2.05) is 7.05 Å². The Hall–Kier alpha value is -0.160. The molecule has 0 saturated carbocycles. The van der Waals surface area contributed by atoms with Gasteiger partial charge in [0, 0.05) is 47.0 Å². The largest absolute Gasteiger partial charge is 0.385 e. The molecule has 0 unspecified atom stereocenters. The molecular formula is C13H30N2O2. The fourth-order valence-electron chi connectivity index (χ4n) is 2.06. The molecule has 0 radical (unpaired) electrons. The van der Waals surface area contributed by atoms with Crippen LogP contribution in [0.15, 0.2) is 0 Å². The van der Waals surface area contributed by atoms with Gasteiger partial charge in [-0.15, -0.1) is 0 Å². The van der Waals surface area contributed by atoms with E-state index in [1.165, 1.54) is 0 Å². The van der Waals surface area contributed by atoms with Crippen molar-refractivity contribution < 1.29 is 9.47 Å². The Kier molecular flexibility index (Phi) is 9.74. The van der Waals surface area contributed by atoms with Crippen molar-refractivity contribution in [1.29, 1.82) is 0 Å². The normalized spacial score (nSPS) is 12.4. The molecule has 0 saturated heterocycles. The summed E-state index contributed by atoms with van der Waals surface area (Å²) in [6.45, 7) is 10.4. The zero-order valence-corrected chi connectivity index (χ0v) is 12.2. The summed E-state index contributed by atoms with van der Waals surface area (Å²) in [7, 11) is 5.52. The van der Waals surface area contributed by atoms with Gasteiger partial charge in [-0.25, -0.2) is 0 Å². The first kappa shape index (κ1) is 16.8. The molecule has 0 aliphatic heterocycles. The van der Waals surface area contributed by atoms with E-state index in [1.54, 1.807) is 14.2 Å². The third kappa shape index (κ3) is 9.53. The number of nitrogens with zero attached hydrogens (tertiary/aromatic N) is 1. The molecule has 17 heavy (non-hydrogen) atoms. The molecule has 0 amide bonds. The fraction of sp³-hybridized carbons (Fsp3) is 1.00. The molecule has 0 aliphatic carbocycles. The van der Waals surface area contributed by atoms with Crippen LogP contribution in [0.25, 0.3) is 0 Å². The summed E-state index contributed by atoms with van der Waals surface area (Å²) in [5.41, 5.74) is 0.287. The van der Waals surface area contributed by atoms with Crippen LogP contribution in [0.5, 0.6) is 0 Å². The molecule has 4 nitrogen and oxygen atoms in total. The molecule has 0 aromatic rings. The number of hydrogen-bond donors (Lipinski definition) is 1. The molecule has 0 rings (SSSR count). The van der Waals surface area contributed by atoms with Crippen molar-refractivity contribution in [2.45, 2.75) is 20.3 Å². The fourth-order valence-corrected chi connectivity index (χ4v) is 2.06. The summed E-state index contributed by atoms with van der Waals surface area (Å²) < 4.78 is 10.3. The maximum atomic E-state index is 5.16. The Morgan fingerprint density at radius 3 is 2.24 bits per heavy atom. The quantitative estimate of drug-likeness (QED) is 0.556. The van der Waals surface area contributed by atoms with E-state index >= 15 is 0 Å². The highest BCUT2D eigenvalue weighted by Gasteiger charge is 2.20. The van der Waals surface area contributed by atoms with E-state index in [4.69, 9.17) is 9.47 Å². The number of ether oxygens (including phenoxy) is 2. The highest BCUT2D eigenvalue weighted by atomic mass is 16.5. The van der Waals surface area contributed by atoms with Gasteiger partial charge >= 0.3 is 0 Å². The molecule has 1 N–H and O–H groups in total. The first-order chi connectivity index (χ1) is 8.05. The van der Waals surface area contributed by atoms with Crippen molar-refractivity contribution in [2.24, 2.45) is 5.41 Å². The minimum absolute atomic E-state index is 0.287. The van der Waals surface area contributed by atoms with E-state index in [0.717, 1.165) is 45.8 Å². The van der Waals surface area contributed by atoms with Gasteiger partial charge in [0.25, 0.3) is 0 Å². The first-order valence-electron chi connectivity index (χ1n) is 6.40. The third-order valence-electron chi connectivity index (χ3n) is 2.74. The minimum Gasteiger partial charge on any atom is -0.385 e. The van der Waals surface area contributed by atoms with Crippen LogP contribution in [0.2, 0.25) is 0 Å². The van der Waals surface area contributed by atoms with Crippen LogP contribution in [-0.2, 0) is 9.47 Å². The average molecular weight is 246 g/mol. The van der Waals surface area contributed by atoms with E-state index < -0.39 is 0 Å². The van der Waals surface area contributed by atoms with Gasteiger partial charge in [0.2, 0.25) is 0 Å². The average Bonchev–Trinajstić information content (AvgIpc) is 2.25. The zero-order chi connectivity index (χ0) is 13.1. The van der Waals surface area contributed by atoms with E-state index in [9.17, 15) is 0 Å². The molecule has 0 aromatic carbocycles. The molecule has 0 spiro atoms. The van der Waals surface area contributed by atoms with Crippen LogP contribution < -0.4 is 5.32 Å². The maximum Gasteiger partial charge on any atom is 0.0589 e. The van der Waals surface area contributed by atoms with E-state index in [-0.39, 0.29) is 5.41 Å². The van der Waals surface area contributed by atoms with Crippen molar-refractivity contribution in [2.75, 3.05) is 60.7 Å². The predicted octanol–water partition coefficient (Wildman–Crippen LogP) is 1.22. The summed E-state index contributed by atoms with van der Waals surface area (Å²) in [5.74, 6) is 0. The van der Waals surface area contributed by atoms with Crippen LogP contribution >= 0.6 is 0 Å². The molecular weight excluding hydrogens is 216 g/mol. The second-order valence-electron chi connectivity index (χ2n) is 5.31. The maximum absolute atomic E-state index is 5.16. The number of methoxy groups -OCH3 is 2. The summed E-state index contributed by atoms with van der Waals surface area (Å²) in [5, 5.41) is 3.25. The molecule has 4 heteroatoms. The topological polar surface area (TPSA) is 33.7 Å². The van der Waals surface area contributed by atoms with Gasteiger partial charge in [0.15, 0.2) is 0 Å². The Balaban J connectivity index is 4.06. The standard InChI is InChI=1S/C13H30N2O2/c1-13(2,11-14-3)12-15(8-10-17-5)7-6-9-16-4/h14H,6-12H2,1-5H3. The SMILES string of the molecule is CNCC(C)(C)CN(CCCOC)CCOC. The lowest BCUT2D eigenvalue weighted by atomic mass is 9.92. The molecule has 0 bridgehead atoms. The van der Waals surface area contributed by atoms with E-state index in [2.05, 4.69) is 24.1 Å². The van der Waals surface area contributed by atoms with E-state index in [0.29, 0.717) is 0 Å². The van der Waals surface area contributed by atoms with Gasteiger partial charge in [0.1, 0.15) is 0 Å². The summed E-state index contributed by atoms with van der Waals surface area (Å²) in [6, 6.07) is 0. The van der Waals surface area contributed by atoms with Crippen molar-refractivity contribution in [3.63, 3.8) is 0 Å². The van der Waals surface area contributed by atoms with Gasteiger partial charge in [0.05, 0.1) is 6.61 Å². The molecule has 0 atom stereocenters. The number of hydrogen-bond acceptors (Lipinski definition) is 4. The smallest absolute Gasteiger partial charge is 0.0589 e. The lowest BCUT2D eigenvalue weighted by Crippen LogP contribution is -2.41. The lowest BCUT2D eigenvalue weighted by Gasteiger charge is -2.32. The monoisotopic (exact) mass is 246 g/mol. The van der Waals surface area contributed by atoms with Gasteiger partial charge in [-0.3, -0.25) is 0 Å². The highest BCUT2D eigenvalue weighted by Crippen LogP contribution is 2.15. The summed E-state index contributed by atoms with van der Waals surface area (Å²) in [4.78, 5) is 2.46. The van der Waals surface area contributed by atoms with Crippen LogP contribution in [0, 0.1) is 5.41 Å². The van der Waals surface area contributed by atoms with Crippen molar-refractivity contribution >= 4 is 0 Å². The van der Waals surface area contributed by atoms with Crippen molar-refractivity contribution in [1.82, 2.24) is 10.2 Å². The molecule has 0 heterocycles. The predicted molar refractivity (Wildman–Crippen MR) is 72.5 cm³/mol. The van der Waals surface area contributed by atoms with Crippen LogP contribution in [0.3, 0.4) is 0 Å². The second kappa shape index (κ2) is 9.83. The van der Waals surface area contributed by atoms with Gasteiger partial charge in [-0.1, -0.05) is 13.8 Å². The van der Waals surface area contributed by atoms with Crippen LogP contribution in [0.4, 0.5) is 0 Å². The van der Waals surface area contributed by atoms with Crippen molar-refractivity contribution in [3.05, 3.63) is 0 Å². The van der Waals surface area contributed by atoms with Crippen LogP contribution in [-0.4, -0.2) is 65.6 Å². The zero-order valence-electron chi connectivity index (χ0n) is 12.2. The molecule has 0 fully saturated rings. The van der Waals surface area contributed by atoms with Gasteiger partial charge < -0.3 is 19.7 Å². The van der Waals surface area contributed by atoms with Gasteiger partial charge in [-0.2, -0.15) is 0 Å². The van der Waals surface area contributed by atoms with Crippen molar-refractivity contribution in [3.8, 4) is 0 Å². The second-order valence-corrected chi connectivity index (χ2v) is 5.31. The Morgan fingerprint density at radius 2 is 1.71 bits per heavy atom. The number of nitrogens with one attached hydrogen (secondary N) is 1. The van der Waals surface area contributed by atoms with Gasteiger partial charge in [-0.05, 0) is 18.9 Å². The third-order valence-corrected chi connectivity index (χ3v) is 2.74.